The van der Waals surface area contributed by atoms with E-state index >= 15 is 0 Å². The molecule has 0 spiro atoms. The van der Waals surface area contributed by atoms with Gasteiger partial charge in [-0.3, -0.25) is 4.90 Å². The fraction of sp³-hybridized carbons (Fsp3) is 0.429. The molecule has 1 unspecified atom stereocenters. The summed E-state index contributed by atoms with van der Waals surface area (Å²) >= 11 is 0. The first kappa shape index (κ1) is 20.3. The summed E-state index contributed by atoms with van der Waals surface area (Å²) in [4.78, 5) is 2.16. The SMILES string of the molecule is CC1(Oc2cccc(C(F)(F)F)c2)CCCN(CCOc2ccccc2O)C1. The molecule has 2 aromatic rings. The third-order valence-corrected chi connectivity index (χ3v) is 4.79. The first-order chi connectivity index (χ1) is 13.3. The minimum Gasteiger partial charge on any atom is -0.504 e. The molecule has 3 rings (SSSR count). The lowest BCUT2D eigenvalue weighted by molar-refractivity contribution is -0.137. The van der Waals surface area contributed by atoms with Crippen LogP contribution in [0.3, 0.4) is 0 Å². The average Bonchev–Trinajstić information content (AvgIpc) is 2.62. The lowest BCUT2D eigenvalue weighted by atomic mass is 9.94. The molecule has 152 valence electrons. The Bertz CT molecular complexity index is 796. The van der Waals surface area contributed by atoms with E-state index in [-0.39, 0.29) is 11.5 Å². The van der Waals surface area contributed by atoms with E-state index in [1.165, 1.54) is 6.07 Å². The molecule has 1 aliphatic rings. The molecule has 1 aliphatic heterocycles. The first-order valence-electron chi connectivity index (χ1n) is 9.25. The summed E-state index contributed by atoms with van der Waals surface area (Å²) in [6.07, 6.45) is -2.74. The molecule has 0 aliphatic carbocycles. The Morgan fingerprint density at radius 1 is 1.14 bits per heavy atom. The zero-order valence-corrected chi connectivity index (χ0v) is 15.7. The number of ether oxygens (including phenoxy) is 2. The van der Waals surface area contributed by atoms with Gasteiger partial charge in [-0.25, -0.2) is 0 Å². The van der Waals surface area contributed by atoms with Gasteiger partial charge < -0.3 is 14.6 Å². The van der Waals surface area contributed by atoms with Gasteiger partial charge in [-0.15, -0.1) is 0 Å². The van der Waals surface area contributed by atoms with Crippen LogP contribution in [-0.2, 0) is 6.18 Å². The Hall–Kier alpha value is -2.41. The minimum absolute atomic E-state index is 0.0962. The molecule has 4 nitrogen and oxygen atoms in total. The van der Waals surface area contributed by atoms with Crippen LogP contribution in [0.25, 0.3) is 0 Å². The van der Waals surface area contributed by atoms with Crippen LogP contribution in [0.5, 0.6) is 17.2 Å². The molecular formula is C21H24F3NO3. The molecule has 0 saturated carbocycles. The van der Waals surface area contributed by atoms with E-state index in [2.05, 4.69) is 4.90 Å². The highest BCUT2D eigenvalue weighted by Crippen LogP contribution is 2.34. The van der Waals surface area contributed by atoms with Crippen molar-refractivity contribution < 1.29 is 27.8 Å². The largest absolute Gasteiger partial charge is 0.504 e. The molecule has 0 radical (unpaired) electrons. The van der Waals surface area contributed by atoms with Crippen LogP contribution >= 0.6 is 0 Å². The molecule has 1 atom stereocenters. The van der Waals surface area contributed by atoms with Crippen LogP contribution in [0.2, 0.25) is 0 Å². The van der Waals surface area contributed by atoms with Crippen LogP contribution in [0, 0.1) is 0 Å². The van der Waals surface area contributed by atoms with Crippen LogP contribution in [0.15, 0.2) is 48.5 Å². The van der Waals surface area contributed by atoms with E-state index in [0.717, 1.165) is 31.5 Å². The summed E-state index contributed by atoms with van der Waals surface area (Å²) in [7, 11) is 0. The van der Waals surface area contributed by atoms with Gasteiger partial charge in [0.2, 0.25) is 0 Å². The lowest BCUT2D eigenvalue weighted by Gasteiger charge is -2.40. The van der Waals surface area contributed by atoms with Crippen LogP contribution in [0.4, 0.5) is 13.2 Å². The number of phenols is 1. The molecule has 1 fully saturated rings. The average molecular weight is 395 g/mol. The van der Waals surface area contributed by atoms with Crippen LogP contribution < -0.4 is 9.47 Å². The van der Waals surface area contributed by atoms with Gasteiger partial charge in [0.25, 0.3) is 0 Å². The first-order valence-corrected chi connectivity index (χ1v) is 9.25. The number of hydrogen-bond donors (Lipinski definition) is 1. The Morgan fingerprint density at radius 2 is 1.93 bits per heavy atom. The monoisotopic (exact) mass is 395 g/mol. The van der Waals surface area contributed by atoms with Gasteiger partial charge in [0.05, 0.1) is 5.56 Å². The number of nitrogens with zero attached hydrogens (tertiary/aromatic N) is 1. The molecule has 1 heterocycles. The van der Waals surface area contributed by atoms with Crippen molar-refractivity contribution in [2.75, 3.05) is 26.2 Å². The van der Waals surface area contributed by atoms with E-state index in [9.17, 15) is 18.3 Å². The number of para-hydroxylation sites is 2. The van der Waals surface area contributed by atoms with E-state index < -0.39 is 17.3 Å². The van der Waals surface area contributed by atoms with Crippen molar-refractivity contribution in [1.82, 2.24) is 4.90 Å². The quantitative estimate of drug-likeness (QED) is 0.768. The summed E-state index contributed by atoms with van der Waals surface area (Å²) in [5.41, 5.74) is -1.28. The fourth-order valence-corrected chi connectivity index (χ4v) is 3.47. The normalized spacial score (nSPS) is 20.7. The summed E-state index contributed by atoms with van der Waals surface area (Å²) in [5, 5.41) is 9.74. The van der Waals surface area contributed by atoms with Crippen LogP contribution in [-0.4, -0.2) is 41.8 Å². The number of hydrogen-bond acceptors (Lipinski definition) is 4. The van der Waals surface area contributed by atoms with Crippen molar-refractivity contribution in [3.8, 4) is 17.2 Å². The molecule has 0 bridgehead atoms. The smallest absolute Gasteiger partial charge is 0.416 e. The van der Waals surface area contributed by atoms with Crippen LogP contribution in [0.1, 0.15) is 25.3 Å². The molecular weight excluding hydrogens is 371 g/mol. The number of rotatable bonds is 6. The van der Waals surface area contributed by atoms with Crippen molar-refractivity contribution >= 4 is 0 Å². The second-order valence-electron chi connectivity index (χ2n) is 7.27. The summed E-state index contributed by atoms with van der Waals surface area (Å²) in [6.45, 7) is 4.41. The highest BCUT2D eigenvalue weighted by molar-refractivity contribution is 5.37. The maximum Gasteiger partial charge on any atom is 0.416 e. The Balaban J connectivity index is 1.57. The maximum absolute atomic E-state index is 12.9. The van der Waals surface area contributed by atoms with Crippen molar-refractivity contribution in [1.29, 1.82) is 0 Å². The third-order valence-electron chi connectivity index (χ3n) is 4.79. The standard InChI is InChI=1S/C21H24F3NO3/c1-20(28-17-7-4-6-16(14-17)21(22,23)24)10-5-11-25(15-20)12-13-27-19-9-3-2-8-18(19)26/h2-4,6-9,14,26H,5,10-13,15H2,1H3. The van der Waals surface area contributed by atoms with Crippen molar-refractivity contribution in [3.63, 3.8) is 0 Å². The van der Waals surface area contributed by atoms with Gasteiger partial charge in [0.1, 0.15) is 18.0 Å². The van der Waals surface area contributed by atoms with E-state index in [1.54, 1.807) is 30.3 Å². The Morgan fingerprint density at radius 3 is 2.68 bits per heavy atom. The minimum atomic E-state index is -4.39. The highest BCUT2D eigenvalue weighted by atomic mass is 19.4. The number of halogens is 3. The molecule has 7 heteroatoms. The van der Waals surface area contributed by atoms with Gasteiger partial charge in [0, 0.05) is 13.1 Å². The van der Waals surface area contributed by atoms with E-state index in [1.807, 2.05) is 6.92 Å². The fourth-order valence-electron chi connectivity index (χ4n) is 3.47. The summed E-state index contributed by atoms with van der Waals surface area (Å²) < 4.78 is 50.3. The maximum atomic E-state index is 12.9. The van der Waals surface area contributed by atoms with Gasteiger partial charge >= 0.3 is 6.18 Å². The third kappa shape index (κ3) is 5.32. The predicted molar refractivity (Wildman–Crippen MR) is 99.8 cm³/mol. The Labute approximate surface area is 162 Å². The van der Waals surface area contributed by atoms with Gasteiger partial charge in [-0.05, 0) is 56.6 Å². The number of alkyl halides is 3. The van der Waals surface area contributed by atoms with Gasteiger partial charge in [0.15, 0.2) is 11.5 Å². The predicted octanol–water partition coefficient (Wildman–Crippen LogP) is 4.72. The molecule has 28 heavy (non-hydrogen) atoms. The molecule has 0 aromatic heterocycles. The number of aromatic hydroxyl groups is 1. The van der Waals surface area contributed by atoms with Crippen molar-refractivity contribution in [2.24, 2.45) is 0 Å². The zero-order valence-electron chi connectivity index (χ0n) is 15.7. The zero-order chi connectivity index (χ0) is 20.2. The number of phenolic OH excluding ortho intramolecular Hbond substituents is 1. The summed E-state index contributed by atoms with van der Waals surface area (Å²) in [5.74, 6) is 0.756. The molecule has 0 amide bonds. The number of piperidine rings is 1. The summed E-state index contributed by atoms with van der Waals surface area (Å²) in [6, 6.07) is 11.8. The number of benzene rings is 2. The molecule has 1 saturated heterocycles. The van der Waals surface area contributed by atoms with E-state index in [0.29, 0.717) is 25.4 Å². The molecule has 2 aromatic carbocycles. The second-order valence-corrected chi connectivity index (χ2v) is 7.27. The lowest BCUT2D eigenvalue weighted by Crippen LogP contribution is -2.50. The van der Waals surface area contributed by atoms with Gasteiger partial charge in [-0.2, -0.15) is 13.2 Å². The Kier molecular flexibility index (Phi) is 6.03. The number of likely N-dealkylation sites (tertiary alicyclic amines) is 1. The second kappa shape index (κ2) is 8.31. The topological polar surface area (TPSA) is 41.9 Å². The van der Waals surface area contributed by atoms with Gasteiger partial charge in [-0.1, -0.05) is 18.2 Å². The van der Waals surface area contributed by atoms with E-state index in [4.69, 9.17) is 9.47 Å². The van der Waals surface area contributed by atoms with Crippen molar-refractivity contribution in [3.05, 3.63) is 54.1 Å². The highest BCUT2D eigenvalue weighted by Gasteiger charge is 2.34. The molecule has 1 N–H and O–H groups in total. The van der Waals surface area contributed by atoms with Crippen molar-refractivity contribution in [2.45, 2.75) is 31.5 Å².